The van der Waals surface area contributed by atoms with E-state index in [9.17, 15) is 9.18 Å². The Labute approximate surface area is 73.8 Å². The molecule has 1 aromatic rings. The second kappa shape index (κ2) is 3.71. The normalized spacial score (nSPS) is 10.5. The van der Waals surface area contributed by atoms with E-state index in [-0.39, 0.29) is 0 Å². The second-order valence-electron chi connectivity index (χ2n) is 2.38. The van der Waals surface area contributed by atoms with E-state index in [2.05, 4.69) is 0 Å². The first-order valence-corrected chi connectivity index (χ1v) is 3.49. The summed E-state index contributed by atoms with van der Waals surface area (Å²) in [5.74, 6) is -2.32. The number of phenols is 1. The Morgan fingerprint density at radius 2 is 2.15 bits per heavy atom. The molecule has 4 heteroatoms. The minimum atomic E-state index is -1.09. The van der Waals surface area contributed by atoms with Crippen LogP contribution in [-0.2, 0) is 4.79 Å². The Balaban J connectivity index is 2.92. The molecule has 0 heterocycles. The maximum atomic E-state index is 12.5. The lowest BCUT2D eigenvalue weighted by Crippen LogP contribution is -1.85. The van der Waals surface area contributed by atoms with Gasteiger partial charge in [-0.15, -0.1) is 0 Å². The molecule has 0 aliphatic rings. The predicted molar refractivity (Wildman–Crippen MR) is 44.7 cm³/mol. The van der Waals surface area contributed by atoms with Gasteiger partial charge in [0.15, 0.2) is 11.6 Å². The summed E-state index contributed by atoms with van der Waals surface area (Å²) < 4.78 is 12.5. The van der Waals surface area contributed by atoms with Crippen molar-refractivity contribution >= 4 is 12.0 Å². The van der Waals surface area contributed by atoms with E-state index < -0.39 is 17.5 Å². The maximum absolute atomic E-state index is 12.5. The summed E-state index contributed by atoms with van der Waals surface area (Å²) in [5.41, 5.74) is 0.432. The number of hydrogen-bond acceptors (Lipinski definition) is 2. The molecule has 0 fully saturated rings. The summed E-state index contributed by atoms with van der Waals surface area (Å²) in [6.45, 7) is 0. The second-order valence-corrected chi connectivity index (χ2v) is 2.38. The molecule has 0 spiro atoms. The molecule has 0 aromatic heterocycles. The highest BCUT2D eigenvalue weighted by Crippen LogP contribution is 2.17. The maximum Gasteiger partial charge on any atom is 0.328 e. The molecule has 0 aliphatic carbocycles. The molecule has 1 aromatic carbocycles. The standard InChI is InChI=1S/C9H7FO3/c10-7-3-1-6(5-8(7)11)2-4-9(12)13/h1-5,11H,(H,12,13)/b4-2+. The number of halogens is 1. The zero-order valence-corrected chi connectivity index (χ0v) is 6.57. The van der Waals surface area contributed by atoms with Crippen molar-refractivity contribution in [2.75, 3.05) is 0 Å². The van der Waals surface area contributed by atoms with E-state index in [1.165, 1.54) is 12.1 Å². The van der Waals surface area contributed by atoms with Crippen LogP contribution in [0.3, 0.4) is 0 Å². The van der Waals surface area contributed by atoms with E-state index in [4.69, 9.17) is 10.2 Å². The number of aliphatic carboxylic acids is 1. The van der Waals surface area contributed by atoms with Crippen LogP contribution in [0.25, 0.3) is 6.08 Å². The third kappa shape index (κ3) is 2.59. The number of benzene rings is 1. The Kier molecular flexibility index (Phi) is 2.64. The third-order valence-corrected chi connectivity index (χ3v) is 1.39. The van der Waals surface area contributed by atoms with E-state index in [1.54, 1.807) is 0 Å². The van der Waals surface area contributed by atoms with Gasteiger partial charge in [-0.25, -0.2) is 9.18 Å². The molecule has 13 heavy (non-hydrogen) atoms. The van der Waals surface area contributed by atoms with Crippen molar-refractivity contribution in [2.24, 2.45) is 0 Å². The van der Waals surface area contributed by atoms with Gasteiger partial charge in [-0.2, -0.15) is 0 Å². The summed E-state index contributed by atoms with van der Waals surface area (Å²) in [6, 6.07) is 3.58. The van der Waals surface area contributed by atoms with Gasteiger partial charge in [0.05, 0.1) is 0 Å². The summed E-state index contributed by atoms with van der Waals surface area (Å²) in [7, 11) is 0. The minimum Gasteiger partial charge on any atom is -0.505 e. The Morgan fingerprint density at radius 1 is 1.46 bits per heavy atom. The quantitative estimate of drug-likeness (QED) is 0.683. The monoisotopic (exact) mass is 182 g/mol. The highest BCUT2D eigenvalue weighted by atomic mass is 19.1. The molecule has 2 N–H and O–H groups in total. The molecular formula is C9H7FO3. The lowest BCUT2D eigenvalue weighted by molar-refractivity contribution is -0.131. The number of carboxylic acids is 1. The van der Waals surface area contributed by atoms with Gasteiger partial charge in [0.25, 0.3) is 0 Å². The van der Waals surface area contributed by atoms with Gasteiger partial charge in [0.2, 0.25) is 0 Å². The number of phenolic OH excluding ortho intramolecular Hbond substituents is 1. The molecule has 0 aliphatic heterocycles. The minimum absolute atomic E-state index is 0.432. The van der Waals surface area contributed by atoms with Crippen molar-refractivity contribution in [2.45, 2.75) is 0 Å². The molecule has 0 atom stereocenters. The highest BCUT2D eigenvalue weighted by molar-refractivity contribution is 5.85. The lowest BCUT2D eigenvalue weighted by atomic mass is 10.2. The first kappa shape index (κ1) is 9.25. The summed E-state index contributed by atoms with van der Waals surface area (Å²) in [5, 5.41) is 17.2. The lowest BCUT2D eigenvalue weighted by Gasteiger charge is -1.95. The fourth-order valence-corrected chi connectivity index (χ4v) is 0.801. The molecule has 0 amide bonds. The largest absolute Gasteiger partial charge is 0.505 e. The molecule has 3 nitrogen and oxygen atoms in total. The number of carboxylic acid groups (broad SMARTS) is 1. The fourth-order valence-electron chi connectivity index (χ4n) is 0.801. The van der Waals surface area contributed by atoms with Gasteiger partial charge < -0.3 is 10.2 Å². The van der Waals surface area contributed by atoms with Crippen LogP contribution in [0.15, 0.2) is 24.3 Å². The number of hydrogen-bond donors (Lipinski definition) is 2. The highest BCUT2D eigenvalue weighted by Gasteiger charge is 1.98. The van der Waals surface area contributed by atoms with E-state index >= 15 is 0 Å². The van der Waals surface area contributed by atoms with E-state index in [1.807, 2.05) is 0 Å². The van der Waals surface area contributed by atoms with Gasteiger partial charge in [-0.05, 0) is 23.8 Å². The topological polar surface area (TPSA) is 57.5 Å². The van der Waals surface area contributed by atoms with Gasteiger partial charge in [-0.1, -0.05) is 6.07 Å². The number of rotatable bonds is 2. The molecule has 0 bridgehead atoms. The summed E-state index contributed by atoms with van der Waals surface area (Å²) >= 11 is 0. The van der Waals surface area contributed by atoms with E-state index in [0.717, 1.165) is 18.2 Å². The van der Waals surface area contributed by atoms with Crippen LogP contribution in [-0.4, -0.2) is 16.2 Å². The van der Waals surface area contributed by atoms with Crippen molar-refractivity contribution < 1.29 is 19.4 Å². The van der Waals surface area contributed by atoms with Crippen molar-refractivity contribution in [3.05, 3.63) is 35.7 Å². The average molecular weight is 182 g/mol. The smallest absolute Gasteiger partial charge is 0.328 e. The fraction of sp³-hybridized carbons (Fsp3) is 0. The van der Waals surface area contributed by atoms with Crippen LogP contribution in [0, 0.1) is 5.82 Å². The Morgan fingerprint density at radius 3 is 2.69 bits per heavy atom. The molecule has 68 valence electrons. The van der Waals surface area contributed by atoms with E-state index in [0.29, 0.717) is 5.56 Å². The van der Waals surface area contributed by atoms with Gasteiger partial charge >= 0.3 is 5.97 Å². The molecule has 0 saturated heterocycles. The third-order valence-electron chi connectivity index (χ3n) is 1.39. The summed E-state index contributed by atoms with van der Waals surface area (Å²) in [4.78, 5) is 10.1. The van der Waals surface area contributed by atoms with Crippen molar-refractivity contribution in [3.63, 3.8) is 0 Å². The van der Waals surface area contributed by atoms with Crippen LogP contribution in [0.2, 0.25) is 0 Å². The zero-order valence-electron chi connectivity index (χ0n) is 6.57. The van der Waals surface area contributed by atoms with Gasteiger partial charge in [-0.3, -0.25) is 0 Å². The first-order valence-electron chi connectivity index (χ1n) is 3.49. The van der Waals surface area contributed by atoms with Gasteiger partial charge in [0, 0.05) is 6.08 Å². The Bertz CT molecular complexity index is 358. The van der Waals surface area contributed by atoms with Crippen LogP contribution in [0.4, 0.5) is 4.39 Å². The molecule has 0 unspecified atom stereocenters. The van der Waals surface area contributed by atoms with Crippen molar-refractivity contribution in [1.29, 1.82) is 0 Å². The average Bonchev–Trinajstić information content (AvgIpc) is 2.07. The number of carbonyl (C=O) groups is 1. The zero-order chi connectivity index (χ0) is 9.84. The first-order chi connectivity index (χ1) is 6.09. The number of aromatic hydroxyl groups is 1. The van der Waals surface area contributed by atoms with Gasteiger partial charge in [0.1, 0.15) is 0 Å². The SMILES string of the molecule is O=C(O)/C=C/c1ccc(F)c(O)c1. The molecule has 0 saturated carbocycles. The Hall–Kier alpha value is -1.84. The van der Waals surface area contributed by atoms with Crippen LogP contribution in [0.1, 0.15) is 5.56 Å². The molecular weight excluding hydrogens is 175 g/mol. The molecule has 1 rings (SSSR count). The summed E-state index contributed by atoms with van der Waals surface area (Å²) in [6.07, 6.45) is 2.17. The van der Waals surface area contributed by atoms with Crippen molar-refractivity contribution in [3.8, 4) is 5.75 Å². The predicted octanol–water partition coefficient (Wildman–Crippen LogP) is 1.63. The van der Waals surface area contributed by atoms with Crippen LogP contribution in [0.5, 0.6) is 5.75 Å². The molecule has 0 radical (unpaired) electrons. The van der Waals surface area contributed by atoms with Crippen LogP contribution >= 0.6 is 0 Å². The van der Waals surface area contributed by atoms with Crippen molar-refractivity contribution in [1.82, 2.24) is 0 Å². The van der Waals surface area contributed by atoms with Crippen LogP contribution < -0.4 is 0 Å².